The van der Waals surface area contributed by atoms with Crippen LogP contribution in [-0.2, 0) is 0 Å². The van der Waals surface area contributed by atoms with Gasteiger partial charge < -0.3 is 10.3 Å². The maximum atomic E-state index is 6.16. The van der Waals surface area contributed by atoms with E-state index in [2.05, 4.69) is 30.3 Å². The van der Waals surface area contributed by atoms with E-state index in [-0.39, 0.29) is 0 Å². The Kier molecular flexibility index (Phi) is 3.81. The van der Waals surface area contributed by atoms with E-state index in [1.807, 2.05) is 18.2 Å². The highest BCUT2D eigenvalue weighted by atomic mass is 35.5. The second kappa shape index (κ2) is 5.19. The molecule has 0 aliphatic rings. The van der Waals surface area contributed by atoms with E-state index in [0.29, 0.717) is 22.9 Å². The van der Waals surface area contributed by atoms with E-state index in [9.17, 15) is 0 Å². The fourth-order valence-corrected chi connectivity index (χ4v) is 2.92. The van der Waals surface area contributed by atoms with Crippen molar-refractivity contribution in [1.82, 2.24) is 9.55 Å². The molecule has 3 nitrogen and oxygen atoms in total. The lowest BCUT2D eigenvalue weighted by Gasteiger charge is -2.24. The number of halogens is 1. The van der Waals surface area contributed by atoms with Gasteiger partial charge in [0.1, 0.15) is 5.52 Å². The van der Waals surface area contributed by atoms with E-state index in [1.54, 1.807) is 0 Å². The molecule has 1 unspecified atom stereocenters. The van der Waals surface area contributed by atoms with E-state index in [4.69, 9.17) is 17.3 Å². The second-order valence-electron chi connectivity index (χ2n) is 4.76. The summed E-state index contributed by atoms with van der Waals surface area (Å²) >= 11 is 6.16. The molecule has 0 saturated carbocycles. The number of hydrogen-bond donors (Lipinski definition) is 1. The van der Waals surface area contributed by atoms with Gasteiger partial charge in [-0.1, -0.05) is 44.4 Å². The molecule has 4 heteroatoms. The number of imidazole rings is 1. The lowest BCUT2D eigenvalue weighted by Crippen LogP contribution is -2.17. The average molecular weight is 266 g/mol. The van der Waals surface area contributed by atoms with Crippen LogP contribution in [0, 0.1) is 5.92 Å². The first-order chi connectivity index (χ1) is 8.60. The second-order valence-corrected chi connectivity index (χ2v) is 5.17. The van der Waals surface area contributed by atoms with Crippen molar-refractivity contribution in [3.05, 3.63) is 23.2 Å². The molecule has 0 fully saturated rings. The fraction of sp³-hybridized carbons (Fsp3) is 0.500. The van der Waals surface area contributed by atoms with Crippen LogP contribution < -0.4 is 5.73 Å². The zero-order chi connectivity index (χ0) is 13.3. The summed E-state index contributed by atoms with van der Waals surface area (Å²) in [5.74, 6) is 1.15. The summed E-state index contributed by atoms with van der Waals surface area (Å²) in [5.41, 5.74) is 7.89. The first-order valence-electron chi connectivity index (χ1n) is 6.52. The van der Waals surface area contributed by atoms with Crippen molar-refractivity contribution < 1.29 is 0 Å². The van der Waals surface area contributed by atoms with Crippen LogP contribution in [0.4, 0.5) is 5.95 Å². The molecule has 0 aliphatic heterocycles. The van der Waals surface area contributed by atoms with Gasteiger partial charge in [0.05, 0.1) is 10.5 Å². The standard InChI is InChI=1S/C14H20ClN3/c1-4-10(5-2)9(3)18-12-8-6-7-11(15)13(12)17-14(18)16/h6-10H,4-5H2,1-3H3,(H2,16,17). The van der Waals surface area contributed by atoms with Crippen LogP contribution in [0.2, 0.25) is 5.02 Å². The molecule has 2 rings (SSSR count). The number of fused-ring (bicyclic) bond motifs is 1. The van der Waals surface area contributed by atoms with E-state index >= 15 is 0 Å². The number of anilines is 1. The maximum absolute atomic E-state index is 6.16. The topological polar surface area (TPSA) is 43.8 Å². The molecule has 1 atom stereocenters. The highest BCUT2D eigenvalue weighted by Gasteiger charge is 2.20. The molecule has 0 radical (unpaired) electrons. The summed E-state index contributed by atoms with van der Waals surface area (Å²) in [4.78, 5) is 4.39. The maximum Gasteiger partial charge on any atom is 0.201 e. The van der Waals surface area contributed by atoms with Crippen molar-refractivity contribution in [1.29, 1.82) is 0 Å². The SMILES string of the molecule is CCC(CC)C(C)n1c(N)nc2c(Cl)cccc21. The Labute approximate surface area is 113 Å². The summed E-state index contributed by atoms with van der Waals surface area (Å²) in [6, 6.07) is 6.16. The highest BCUT2D eigenvalue weighted by molar-refractivity contribution is 6.35. The molecule has 1 heterocycles. The molecular formula is C14H20ClN3. The van der Waals surface area contributed by atoms with Gasteiger partial charge in [0.2, 0.25) is 5.95 Å². The molecule has 98 valence electrons. The summed E-state index contributed by atoms with van der Waals surface area (Å²) in [6.07, 6.45) is 2.27. The largest absolute Gasteiger partial charge is 0.369 e. The Hall–Kier alpha value is -1.22. The van der Waals surface area contributed by atoms with Crippen molar-refractivity contribution in [2.75, 3.05) is 5.73 Å². The Balaban J connectivity index is 2.57. The minimum atomic E-state index is 0.337. The molecule has 2 aromatic rings. The quantitative estimate of drug-likeness (QED) is 0.897. The van der Waals surface area contributed by atoms with E-state index in [0.717, 1.165) is 23.9 Å². The Morgan fingerprint density at radius 1 is 1.33 bits per heavy atom. The fourth-order valence-electron chi connectivity index (χ4n) is 2.71. The van der Waals surface area contributed by atoms with Crippen LogP contribution in [0.25, 0.3) is 11.0 Å². The van der Waals surface area contributed by atoms with Crippen LogP contribution in [0.3, 0.4) is 0 Å². The number of aromatic nitrogens is 2. The lowest BCUT2D eigenvalue weighted by atomic mass is 9.95. The number of para-hydroxylation sites is 1. The number of hydrogen-bond acceptors (Lipinski definition) is 2. The van der Waals surface area contributed by atoms with E-state index < -0.39 is 0 Å². The molecule has 0 aliphatic carbocycles. The molecule has 18 heavy (non-hydrogen) atoms. The van der Waals surface area contributed by atoms with Crippen LogP contribution in [0.15, 0.2) is 18.2 Å². The first kappa shape index (κ1) is 13.2. The van der Waals surface area contributed by atoms with Crippen molar-refractivity contribution >= 4 is 28.6 Å². The number of nitrogens with zero attached hydrogens (tertiary/aromatic N) is 2. The number of rotatable bonds is 4. The number of nitrogen functional groups attached to an aromatic ring is 1. The van der Waals surface area contributed by atoms with Gasteiger partial charge in [-0.2, -0.15) is 0 Å². The summed E-state index contributed by atoms with van der Waals surface area (Å²) in [5, 5.41) is 0.662. The lowest BCUT2D eigenvalue weighted by molar-refractivity contribution is 0.342. The minimum absolute atomic E-state index is 0.337. The third-order valence-corrected chi connectivity index (χ3v) is 4.14. The van der Waals surface area contributed by atoms with Gasteiger partial charge in [-0.3, -0.25) is 0 Å². The highest BCUT2D eigenvalue weighted by Crippen LogP contribution is 2.32. The van der Waals surface area contributed by atoms with Gasteiger partial charge in [-0.25, -0.2) is 4.98 Å². The van der Waals surface area contributed by atoms with Gasteiger partial charge in [0.25, 0.3) is 0 Å². The molecule has 0 spiro atoms. The van der Waals surface area contributed by atoms with Crippen molar-refractivity contribution in [2.45, 2.75) is 39.7 Å². The van der Waals surface area contributed by atoms with Gasteiger partial charge in [-0.05, 0) is 25.0 Å². The van der Waals surface area contributed by atoms with E-state index in [1.165, 1.54) is 0 Å². The zero-order valence-electron chi connectivity index (χ0n) is 11.2. The normalized spacial score (nSPS) is 13.4. The monoisotopic (exact) mass is 265 g/mol. The van der Waals surface area contributed by atoms with Crippen LogP contribution in [0.1, 0.15) is 39.7 Å². The zero-order valence-corrected chi connectivity index (χ0v) is 11.9. The molecule has 0 saturated heterocycles. The first-order valence-corrected chi connectivity index (χ1v) is 6.89. The summed E-state index contributed by atoms with van der Waals surface area (Å²) < 4.78 is 2.11. The predicted octanol–water partition coefficient (Wildman–Crippen LogP) is 4.27. The smallest absolute Gasteiger partial charge is 0.201 e. The van der Waals surface area contributed by atoms with Crippen LogP contribution in [0.5, 0.6) is 0 Å². The van der Waals surface area contributed by atoms with Gasteiger partial charge in [0, 0.05) is 6.04 Å². The van der Waals surface area contributed by atoms with Crippen molar-refractivity contribution in [3.63, 3.8) is 0 Å². The number of benzene rings is 1. The molecule has 1 aromatic heterocycles. The van der Waals surface area contributed by atoms with Crippen LogP contribution in [-0.4, -0.2) is 9.55 Å². The molecule has 2 N–H and O–H groups in total. The number of nitrogens with two attached hydrogens (primary N) is 1. The van der Waals surface area contributed by atoms with Crippen molar-refractivity contribution in [3.8, 4) is 0 Å². The third kappa shape index (κ3) is 2.07. The molecule has 1 aromatic carbocycles. The van der Waals surface area contributed by atoms with Gasteiger partial charge in [-0.15, -0.1) is 0 Å². The van der Waals surface area contributed by atoms with Gasteiger partial charge >= 0.3 is 0 Å². The average Bonchev–Trinajstić information content (AvgIpc) is 2.68. The van der Waals surface area contributed by atoms with Crippen LogP contribution >= 0.6 is 11.6 Å². The summed E-state index contributed by atoms with van der Waals surface area (Å²) in [6.45, 7) is 6.63. The third-order valence-electron chi connectivity index (χ3n) is 3.84. The Morgan fingerprint density at radius 3 is 2.61 bits per heavy atom. The Morgan fingerprint density at radius 2 is 2.00 bits per heavy atom. The molecule has 0 bridgehead atoms. The molecular weight excluding hydrogens is 246 g/mol. The van der Waals surface area contributed by atoms with Crippen molar-refractivity contribution in [2.24, 2.45) is 5.92 Å². The predicted molar refractivity (Wildman–Crippen MR) is 77.9 cm³/mol. The summed E-state index contributed by atoms with van der Waals surface area (Å²) in [7, 11) is 0. The van der Waals surface area contributed by atoms with Gasteiger partial charge in [0.15, 0.2) is 0 Å². The minimum Gasteiger partial charge on any atom is -0.369 e. The molecule has 0 amide bonds. The Bertz CT molecular complexity index is 543.